The van der Waals surface area contributed by atoms with Crippen molar-refractivity contribution in [3.05, 3.63) is 30.9 Å². The quantitative estimate of drug-likeness (QED) is 0.686. The van der Waals surface area contributed by atoms with Crippen LogP contribution in [0.3, 0.4) is 0 Å². The van der Waals surface area contributed by atoms with Gasteiger partial charge in [-0.15, -0.1) is 0 Å². The second-order valence-corrected chi connectivity index (χ2v) is 8.08. The topological polar surface area (TPSA) is 100 Å². The molecule has 2 aliphatic carbocycles. The maximum atomic E-state index is 10.9. The fourth-order valence-electron chi connectivity index (χ4n) is 4.48. The first-order chi connectivity index (χ1) is 14.0. The van der Waals surface area contributed by atoms with Gasteiger partial charge in [0.25, 0.3) is 5.91 Å². The molecule has 148 valence electrons. The fraction of sp³-hybridized carbons (Fsp3) is 0.429. The number of aryl methyl sites for hydroxylation is 1. The molecule has 0 radical (unpaired) electrons. The van der Waals surface area contributed by atoms with Gasteiger partial charge in [-0.2, -0.15) is 10.2 Å². The number of fused-ring (bicyclic) bond motifs is 2. The zero-order valence-corrected chi connectivity index (χ0v) is 16.2. The molecule has 2 saturated carbocycles. The molecule has 3 aromatic rings. The molecule has 0 unspecified atom stereocenters. The number of nitrogens with two attached hydrogens (primary N) is 1. The van der Waals surface area contributed by atoms with Gasteiger partial charge in [0.15, 0.2) is 0 Å². The normalized spacial score (nSPS) is 25.1. The van der Waals surface area contributed by atoms with E-state index in [0.29, 0.717) is 24.1 Å². The van der Waals surface area contributed by atoms with Crippen LogP contribution in [-0.2, 0) is 11.8 Å². The standard InChI is InChI=1S/C21H22N6O2/c1-26-12-15(11-24-26)17-13-27-18(7-8-23-27)20(25-17)29-21-9-14(3-2-4-19(22)28)5-6-16(21)10-21/h7-8,11-14,16H,3,5-6,9-10H2,1H3,(H2,22,28)/t14-,16-,21-/m1/s1. The van der Waals surface area contributed by atoms with Crippen molar-refractivity contribution >= 4 is 11.4 Å². The number of carbonyl (C=O) groups is 1. The summed E-state index contributed by atoms with van der Waals surface area (Å²) < 4.78 is 10.1. The largest absolute Gasteiger partial charge is 0.469 e. The van der Waals surface area contributed by atoms with Crippen molar-refractivity contribution in [3.63, 3.8) is 0 Å². The van der Waals surface area contributed by atoms with Gasteiger partial charge >= 0.3 is 0 Å². The predicted octanol–water partition coefficient (Wildman–Crippen LogP) is 1.95. The number of amides is 1. The van der Waals surface area contributed by atoms with E-state index in [9.17, 15) is 4.79 Å². The Balaban J connectivity index is 1.42. The van der Waals surface area contributed by atoms with Crippen LogP contribution in [0.25, 0.3) is 16.8 Å². The lowest BCUT2D eigenvalue weighted by molar-refractivity contribution is -0.112. The Morgan fingerprint density at radius 3 is 3.03 bits per heavy atom. The first-order valence-electron chi connectivity index (χ1n) is 9.83. The van der Waals surface area contributed by atoms with Crippen LogP contribution in [-0.4, -0.2) is 35.9 Å². The van der Waals surface area contributed by atoms with Crippen molar-refractivity contribution in [1.29, 1.82) is 0 Å². The number of carbonyl (C=O) groups excluding carboxylic acids is 1. The zero-order valence-electron chi connectivity index (χ0n) is 16.2. The van der Waals surface area contributed by atoms with Crippen LogP contribution in [0.4, 0.5) is 0 Å². The fourth-order valence-corrected chi connectivity index (χ4v) is 4.48. The molecule has 0 saturated heterocycles. The van der Waals surface area contributed by atoms with Crippen LogP contribution in [0.5, 0.6) is 5.88 Å². The highest BCUT2D eigenvalue weighted by Gasteiger charge is 2.59. The molecule has 2 aliphatic rings. The summed E-state index contributed by atoms with van der Waals surface area (Å²) in [6.07, 6.45) is 12.2. The van der Waals surface area contributed by atoms with Crippen LogP contribution in [0, 0.1) is 23.7 Å². The van der Waals surface area contributed by atoms with E-state index in [-0.39, 0.29) is 5.60 Å². The Morgan fingerprint density at radius 2 is 2.24 bits per heavy atom. The van der Waals surface area contributed by atoms with Crippen molar-refractivity contribution in [2.24, 2.45) is 24.6 Å². The molecule has 5 rings (SSSR count). The van der Waals surface area contributed by atoms with E-state index < -0.39 is 5.91 Å². The summed E-state index contributed by atoms with van der Waals surface area (Å²) in [6, 6.07) is 1.92. The average Bonchev–Trinajstić information content (AvgIpc) is 3.00. The van der Waals surface area contributed by atoms with E-state index in [2.05, 4.69) is 22.0 Å². The number of hydrogen-bond donors (Lipinski definition) is 1. The van der Waals surface area contributed by atoms with E-state index in [4.69, 9.17) is 15.5 Å². The Bertz CT molecular complexity index is 1150. The van der Waals surface area contributed by atoms with Crippen molar-refractivity contribution in [3.8, 4) is 29.0 Å². The smallest absolute Gasteiger partial charge is 0.293 e. The highest BCUT2D eigenvalue weighted by molar-refractivity contribution is 5.91. The third kappa shape index (κ3) is 3.33. The van der Waals surface area contributed by atoms with Crippen LogP contribution in [0.15, 0.2) is 30.9 Å². The highest BCUT2D eigenvalue weighted by atomic mass is 16.5. The molecular weight excluding hydrogens is 368 g/mol. The van der Waals surface area contributed by atoms with E-state index in [1.54, 1.807) is 21.6 Å². The van der Waals surface area contributed by atoms with Crippen LogP contribution in [0.1, 0.15) is 32.1 Å². The first kappa shape index (κ1) is 17.7. The summed E-state index contributed by atoms with van der Waals surface area (Å²) in [5.74, 6) is 6.35. The summed E-state index contributed by atoms with van der Waals surface area (Å²) in [7, 11) is 1.88. The molecule has 1 amide bonds. The van der Waals surface area contributed by atoms with Gasteiger partial charge in [0.1, 0.15) is 11.1 Å². The number of aromatic nitrogens is 5. The van der Waals surface area contributed by atoms with Gasteiger partial charge in [0.2, 0.25) is 5.88 Å². The van der Waals surface area contributed by atoms with Crippen LogP contribution in [0.2, 0.25) is 0 Å². The molecule has 3 aromatic heterocycles. The molecule has 0 spiro atoms. The van der Waals surface area contributed by atoms with Crippen molar-refractivity contribution in [2.45, 2.75) is 37.7 Å². The maximum Gasteiger partial charge on any atom is 0.293 e. The van der Waals surface area contributed by atoms with Gasteiger partial charge in [-0.1, -0.05) is 5.92 Å². The Labute approximate surface area is 168 Å². The number of rotatable bonds is 4. The minimum atomic E-state index is -0.574. The maximum absolute atomic E-state index is 10.9. The molecule has 3 atom stereocenters. The molecule has 2 N–H and O–H groups in total. The van der Waals surface area contributed by atoms with Gasteiger partial charge in [0, 0.05) is 31.1 Å². The van der Waals surface area contributed by atoms with Crippen LogP contribution < -0.4 is 10.5 Å². The van der Waals surface area contributed by atoms with Gasteiger partial charge < -0.3 is 10.5 Å². The molecule has 3 heterocycles. The molecule has 0 bridgehead atoms. The summed E-state index contributed by atoms with van der Waals surface area (Å²) in [5, 5.41) is 8.62. The lowest BCUT2D eigenvalue weighted by atomic mass is 9.85. The number of primary amides is 1. The minimum absolute atomic E-state index is 0.192. The summed E-state index contributed by atoms with van der Waals surface area (Å²) >= 11 is 0. The first-order valence-corrected chi connectivity index (χ1v) is 9.83. The summed E-state index contributed by atoms with van der Waals surface area (Å²) in [5.41, 5.74) is 7.48. The van der Waals surface area contributed by atoms with Gasteiger partial charge in [-0.05, 0) is 43.6 Å². The van der Waals surface area contributed by atoms with E-state index in [1.165, 1.54) is 0 Å². The molecule has 0 aromatic carbocycles. The van der Waals surface area contributed by atoms with Crippen molar-refractivity contribution in [1.82, 2.24) is 24.4 Å². The molecule has 8 nitrogen and oxygen atoms in total. The van der Waals surface area contributed by atoms with Crippen molar-refractivity contribution < 1.29 is 9.53 Å². The summed E-state index contributed by atoms with van der Waals surface area (Å²) in [6.45, 7) is 0. The van der Waals surface area contributed by atoms with E-state index >= 15 is 0 Å². The molecule has 29 heavy (non-hydrogen) atoms. The molecular formula is C21H22N6O2. The second-order valence-electron chi connectivity index (χ2n) is 8.08. The lowest BCUT2D eigenvalue weighted by Gasteiger charge is -2.28. The Hall–Kier alpha value is -3.34. The molecule has 2 fully saturated rings. The third-order valence-corrected chi connectivity index (χ3v) is 5.99. The predicted molar refractivity (Wildman–Crippen MR) is 106 cm³/mol. The molecule has 0 aliphatic heterocycles. The number of hydrogen-bond acceptors (Lipinski definition) is 5. The average molecular weight is 390 g/mol. The summed E-state index contributed by atoms with van der Waals surface area (Å²) in [4.78, 5) is 15.7. The second kappa shape index (κ2) is 6.62. The van der Waals surface area contributed by atoms with Crippen molar-refractivity contribution in [2.75, 3.05) is 0 Å². The Morgan fingerprint density at radius 1 is 1.34 bits per heavy atom. The van der Waals surface area contributed by atoms with E-state index in [0.717, 1.165) is 42.5 Å². The zero-order chi connectivity index (χ0) is 20.0. The minimum Gasteiger partial charge on any atom is -0.469 e. The number of nitrogens with zero attached hydrogens (tertiary/aromatic N) is 5. The Kier molecular flexibility index (Phi) is 4.05. The monoisotopic (exact) mass is 390 g/mol. The van der Waals surface area contributed by atoms with E-state index in [1.807, 2.05) is 25.5 Å². The number of ether oxygens (including phenoxy) is 1. The highest BCUT2D eigenvalue weighted by Crippen LogP contribution is 2.58. The van der Waals surface area contributed by atoms with Gasteiger partial charge in [0.05, 0.1) is 24.3 Å². The van der Waals surface area contributed by atoms with Crippen LogP contribution >= 0.6 is 0 Å². The lowest BCUT2D eigenvalue weighted by Crippen LogP contribution is -2.29. The van der Waals surface area contributed by atoms with Gasteiger partial charge in [-0.25, -0.2) is 9.50 Å². The SMILES string of the molecule is Cn1cc(-c2cn3nccc3c(O[C@@]34C[C@H](CC#CC(N)=O)CC[C@@H]3C4)n2)cn1. The van der Waals surface area contributed by atoms with Gasteiger partial charge in [-0.3, -0.25) is 9.48 Å². The molecule has 8 heteroatoms. The third-order valence-electron chi connectivity index (χ3n) is 5.99.